The average molecular weight is 152 g/mol. The van der Waals surface area contributed by atoms with Gasteiger partial charge in [-0.25, -0.2) is 0 Å². The van der Waals surface area contributed by atoms with E-state index in [4.69, 9.17) is 0 Å². The SMILES string of the molecule is CN(C)[C](=[Cr])N(C)C. The van der Waals surface area contributed by atoms with E-state index in [1.807, 2.05) is 38.0 Å². The van der Waals surface area contributed by atoms with E-state index >= 15 is 0 Å². The van der Waals surface area contributed by atoms with Crippen LogP contribution in [0, 0.1) is 0 Å². The van der Waals surface area contributed by atoms with Gasteiger partial charge in [-0.2, -0.15) is 0 Å². The summed E-state index contributed by atoms with van der Waals surface area (Å²) in [5.74, 6) is 0. The Labute approximate surface area is 59.0 Å². The summed E-state index contributed by atoms with van der Waals surface area (Å²) in [7, 11) is 8.02. The normalized spacial score (nSPS) is 10.8. The van der Waals surface area contributed by atoms with Gasteiger partial charge in [0, 0.05) is 0 Å². The molecule has 48 valence electrons. The van der Waals surface area contributed by atoms with Crippen molar-refractivity contribution in [3.8, 4) is 0 Å². The third-order valence-corrected chi connectivity index (χ3v) is 1.91. The molecule has 0 aromatic rings. The third-order valence-electron chi connectivity index (χ3n) is 0.765. The quantitative estimate of drug-likeness (QED) is 0.538. The van der Waals surface area contributed by atoms with Crippen LogP contribution < -0.4 is 0 Å². The molecule has 0 fully saturated rings. The summed E-state index contributed by atoms with van der Waals surface area (Å²) in [6, 6.07) is 0. The molecule has 2 nitrogen and oxygen atoms in total. The van der Waals surface area contributed by atoms with Gasteiger partial charge in [-0.15, -0.1) is 0 Å². The van der Waals surface area contributed by atoms with Gasteiger partial charge in [0.15, 0.2) is 0 Å². The number of hydrogen-bond donors (Lipinski definition) is 0. The van der Waals surface area contributed by atoms with Crippen molar-refractivity contribution in [3.63, 3.8) is 0 Å². The van der Waals surface area contributed by atoms with Crippen LogP contribution in [-0.4, -0.2) is 42.6 Å². The fourth-order valence-corrected chi connectivity index (χ4v) is 0.400. The van der Waals surface area contributed by atoms with E-state index in [9.17, 15) is 0 Å². The Kier molecular flexibility index (Phi) is 3.50. The summed E-state index contributed by atoms with van der Waals surface area (Å²) in [5.41, 5.74) is 0. The fraction of sp³-hybridized carbons (Fsp3) is 0.800. The first-order chi connectivity index (χ1) is 3.55. The predicted octanol–water partition coefficient (Wildman–Crippen LogP) is -0.256. The van der Waals surface area contributed by atoms with Crippen molar-refractivity contribution >= 4 is 4.63 Å². The molecule has 0 heterocycles. The molecule has 0 atom stereocenters. The molecular formula is C5H12CrN2. The first-order valence-electron chi connectivity index (χ1n) is 2.44. The van der Waals surface area contributed by atoms with E-state index in [-0.39, 0.29) is 0 Å². The summed E-state index contributed by atoms with van der Waals surface area (Å²) in [6.45, 7) is 0. The van der Waals surface area contributed by atoms with Crippen molar-refractivity contribution in [3.05, 3.63) is 0 Å². The van der Waals surface area contributed by atoms with E-state index < -0.39 is 0 Å². The average Bonchev–Trinajstić information content (AvgIpc) is 1.64. The summed E-state index contributed by atoms with van der Waals surface area (Å²) in [4.78, 5) is 4.06. The summed E-state index contributed by atoms with van der Waals surface area (Å²) < 4.78 is 1.14. The van der Waals surface area contributed by atoms with Gasteiger partial charge in [0.25, 0.3) is 0 Å². The Bertz CT molecular complexity index is 78.4. The van der Waals surface area contributed by atoms with Gasteiger partial charge in [-0.3, -0.25) is 0 Å². The van der Waals surface area contributed by atoms with Gasteiger partial charge in [0.05, 0.1) is 0 Å². The van der Waals surface area contributed by atoms with E-state index in [1.165, 1.54) is 0 Å². The van der Waals surface area contributed by atoms with Crippen LogP contribution in [-0.2, 0) is 15.9 Å². The predicted molar refractivity (Wildman–Crippen MR) is 32.4 cm³/mol. The summed E-state index contributed by atoms with van der Waals surface area (Å²) in [6.07, 6.45) is 0. The molecule has 3 heteroatoms. The molecule has 0 aliphatic heterocycles. The molecule has 0 bridgehead atoms. The van der Waals surface area contributed by atoms with Crippen LogP contribution in [0.25, 0.3) is 0 Å². The van der Waals surface area contributed by atoms with Crippen LogP contribution >= 0.6 is 0 Å². The van der Waals surface area contributed by atoms with Crippen molar-refractivity contribution in [2.24, 2.45) is 0 Å². The molecule has 0 unspecified atom stereocenters. The van der Waals surface area contributed by atoms with Gasteiger partial charge in [-0.05, 0) is 0 Å². The molecule has 0 aromatic carbocycles. The minimum absolute atomic E-state index is 1.14. The molecule has 0 radical (unpaired) electrons. The molecule has 0 aromatic heterocycles. The zero-order chi connectivity index (χ0) is 6.73. The van der Waals surface area contributed by atoms with E-state index in [0.717, 1.165) is 4.63 Å². The van der Waals surface area contributed by atoms with Crippen LogP contribution in [0.3, 0.4) is 0 Å². The molecule has 0 saturated heterocycles. The van der Waals surface area contributed by atoms with E-state index in [0.29, 0.717) is 0 Å². The minimum atomic E-state index is 1.14. The molecule has 0 amide bonds. The van der Waals surface area contributed by atoms with Gasteiger partial charge in [0.1, 0.15) is 0 Å². The molecule has 0 rings (SSSR count). The number of hydrogen-bond acceptors (Lipinski definition) is 2. The van der Waals surface area contributed by atoms with Gasteiger partial charge >= 0.3 is 58.5 Å². The standard InChI is InChI=1S/C5H12N2.Cr/c1-6(2)5-7(3)4;/h1-4H3;. The second-order valence-corrected chi connectivity index (χ2v) is 2.64. The van der Waals surface area contributed by atoms with E-state index in [2.05, 4.69) is 15.9 Å². The first kappa shape index (κ1) is 8.32. The maximum atomic E-state index is 2.94. The van der Waals surface area contributed by atoms with Crippen molar-refractivity contribution in [1.29, 1.82) is 0 Å². The van der Waals surface area contributed by atoms with Crippen LogP contribution in [0.4, 0.5) is 0 Å². The fourth-order valence-electron chi connectivity index (χ4n) is 0.400. The van der Waals surface area contributed by atoms with Crippen LogP contribution in [0.2, 0.25) is 0 Å². The van der Waals surface area contributed by atoms with Crippen molar-refractivity contribution < 1.29 is 15.9 Å². The summed E-state index contributed by atoms with van der Waals surface area (Å²) >= 11 is 2.94. The molecule has 0 spiro atoms. The van der Waals surface area contributed by atoms with E-state index in [1.54, 1.807) is 0 Å². The van der Waals surface area contributed by atoms with Crippen LogP contribution in [0.1, 0.15) is 0 Å². The second kappa shape index (κ2) is 3.37. The van der Waals surface area contributed by atoms with Crippen molar-refractivity contribution in [2.75, 3.05) is 28.2 Å². The topological polar surface area (TPSA) is 6.48 Å². The summed E-state index contributed by atoms with van der Waals surface area (Å²) in [5, 5.41) is 0. The van der Waals surface area contributed by atoms with Crippen molar-refractivity contribution in [1.82, 2.24) is 9.80 Å². The Morgan fingerprint density at radius 1 is 1.00 bits per heavy atom. The second-order valence-electron chi connectivity index (χ2n) is 2.07. The molecule has 8 heavy (non-hydrogen) atoms. The number of rotatable bonds is 2. The van der Waals surface area contributed by atoms with Crippen LogP contribution in [0.5, 0.6) is 0 Å². The molecule has 0 aliphatic carbocycles. The first-order valence-corrected chi connectivity index (χ1v) is 3.08. The van der Waals surface area contributed by atoms with Gasteiger partial charge in [0.2, 0.25) is 0 Å². The Morgan fingerprint density at radius 3 is 1.25 bits per heavy atom. The Morgan fingerprint density at radius 2 is 1.25 bits per heavy atom. The number of nitrogens with zero attached hydrogens (tertiary/aromatic N) is 2. The third kappa shape index (κ3) is 2.59. The Hall–Kier alpha value is 0.322. The zero-order valence-corrected chi connectivity index (χ0v) is 7.08. The molecule has 0 aliphatic rings. The van der Waals surface area contributed by atoms with Crippen molar-refractivity contribution in [2.45, 2.75) is 0 Å². The molecule has 0 N–H and O–H groups in total. The maximum absolute atomic E-state index is 2.94. The monoisotopic (exact) mass is 152 g/mol. The molecular weight excluding hydrogens is 140 g/mol. The van der Waals surface area contributed by atoms with Gasteiger partial charge < -0.3 is 0 Å². The van der Waals surface area contributed by atoms with Gasteiger partial charge in [-0.1, -0.05) is 0 Å². The zero-order valence-electron chi connectivity index (χ0n) is 5.80. The molecule has 0 saturated carbocycles. The Balaban J connectivity index is 3.65. The van der Waals surface area contributed by atoms with Crippen LogP contribution in [0.15, 0.2) is 0 Å².